The van der Waals surface area contributed by atoms with Gasteiger partial charge in [0.15, 0.2) is 0 Å². The van der Waals surface area contributed by atoms with E-state index in [9.17, 15) is 0 Å². The Bertz CT molecular complexity index is 2900. The van der Waals surface area contributed by atoms with Crippen molar-refractivity contribution >= 4 is 0 Å². The van der Waals surface area contributed by atoms with Crippen molar-refractivity contribution in [3.8, 4) is 89.0 Å². The summed E-state index contributed by atoms with van der Waals surface area (Å²) in [5, 5.41) is 0. The van der Waals surface area contributed by atoms with Crippen LogP contribution in [-0.4, -0.2) is 0 Å². The summed E-state index contributed by atoms with van der Waals surface area (Å²) < 4.78 is 0. The highest BCUT2D eigenvalue weighted by atomic mass is 14.2. The molecular weight excluding hydrogens is 781 g/mol. The molecule has 0 heteroatoms. The van der Waals surface area contributed by atoms with Crippen LogP contribution in [0.1, 0.15) is 33.4 Å². The van der Waals surface area contributed by atoms with E-state index in [0.29, 0.717) is 0 Å². The molecule has 0 atom stereocenters. The first-order valence-electron chi connectivity index (χ1n) is 22.8. The molecular formula is C65H52. The molecule has 10 aromatic carbocycles. The van der Waals surface area contributed by atoms with Crippen LogP contribution in [0, 0.1) is 27.7 Å². The third-order valence-electron chi connectivity index (χ3n) is 13.1. The minimum Gasteiger partial charge on any atom is -0.0620 e. The minimum absolute atomic E-state index is 0.750. The zero-order chi connectivity index (χ0) is 44.3. The van der Waals surface area contributed by atoms with Crippen LogP contribution in [0.4, 0.5) is 0 Å². The maximum Gasteiger partial charge on any atom is -0.00249 e. The third-order valence-corrected chi connectivity index (χ3v) is 13.1. The molecule has 0 fully saturated rings. The van der Waals surface area contributed by atoms with Gasteiger partial charge in [-0.3, -0.25) is 0 Å². The average molecular weight is 833 g/mol. The van der Waals surface area contributed by atoms with Crippen molar-refractivity contribution in [3.05, 3.63) is 264 Å². The maximum atomic E-state index is 2.44. The van der Waals surface area contributed by atoms with E-state index < -0.39 is 0 Å². The molecule has 0 aliphatic rings. The number of benzene rings is 10. The Balaban J connectivity index is 1.20. The van der Waals surface area contributed by atoms with Crippen molar-refractivity contribution < 1.29 is 0 Å². The molecule has 65 heavy (non-hydrogen) atoms. The van der Waals surface area contributed by atoms with Gasteiger partial charge in [0.2, 0.25) is 0 Å². The molecule has 0 unspecified atom stereocenters. The van der Waals surface area contributed by atoms with Gasteiger partial charge in [-0.15, -0.1) is 0 Å². The average Bonchev–Trinajstić information content (AvgIpc) is 3.34. The van der Waals surface area contributed by atoms with Gasteiger partial charge in [-0.1, -0.05) is 218 Å². The first-order chi connectivity index (χ1) is 31.9. The molecule has 312 valence electrons. The second kappa shape index (κ2) is 18.1. The van der Waals surface area contributed by atoms with E-state index in [1.807, 2.05) is 0 Å². The van der Waals surface area contributed by atoms with Crippen molar-refractivity contribution in [2.24, 2.45) is 0 Å². The second-order valence-electron chi connectivity index (χ2n) is 17.5. The van der Waals surface area contributed by atoms with Crippen LogP contribution < -0.4 is 0 Å². The van der Waals surface area contributed by atoms with Gasteiger partial charge in [0, 0.05) is 0 Å². The lowest BCUT2D eigenvalue weighted by atomic mass is 9.85. The van der Waals surface area contributed by atoms with Crippen LogP contribution in [0.2, 0.25) is 0 Å². The lowest BCUT2D eigenvalue weighted by Crippen LogP contribution is -1.97. The van der Waals surface area contributed by atoms with Crippen LogP contribution >= 0.6 is 0 Å². The number of hydrogen-bond donors (Lipinski definition) is 0. The van der Waals surface area contributed by atoms with Gasteiger partial charge in [0.05, 0.1) is 0 Å². The Kier molecular flexibility index (Phi) is 11.5. The molecule has 0 spiro atoms. The largest absolute Gasteiger partial charge is 0.0620 e. The summed E-state index contributed by atoms with van der Waals surface area (Å²) in [7, 11) is 0. The highest BCUT2D eigenvalue weighted by molar-refractivity contribution is 5.92. The van der Waals surface area contributed by atoms with Gasteiger partial charge >= 0.3 is 0 Å². The summed E-state index contributed by atoms with van der Waals surface area (Å²) in [5.74, 6) is 0. The Morgan fingerprint density at radius 1 is 0.200 bits per heavy atom. The molecule has 0 aliphatic heterocycles. The van der Waals surface area contributed by atoms with Crippen LogP contribution in [0.3, 0.4) is 0 Å². The Labute approximate surface area is 385 Å². The number of aryl methyl sites for hydroxylation is 4. The van der Waals surface area contributed by atoms with E-state index in [1.54, 1.807) is 0 Å². The highest BCUT2D eigenvalue weighted by Crippen LogP contribution is 2.42. The fraction of sp³-hybridized carbons (Fsp3) is 0.0769. The molecule has 0 N–H and O–H groups in total. The summed E-state index contributed by atoms with van der Waals surface area (Å²) in [6.45, 7) is 8.86. The zero-order valence-corrected chi connectivity index (χ0v) is 37.6. The molecule has 0 saturated carbocycles. The fourth-order valence-electron chi connectivity index (χ4n) is 9.83. The lowest BCUT2D eigenvalue weighted by Gasteiger charge is -2.19. The van der Waals surface area contributed by atoms with E-state index in [1.165, 1.54) is 122 Å². The normalized spacial score (nSPS) is 11.1. The minimum atomic E-state index is 0.750. The lowest BCUT2D eigenvalue weighted by molar-refractivity contribution is 1.20. The molecule has 0 heterocycles. The van der Waals surface area contributed by atoms with Crippen LogP contribution in [-0.2, 0) is 6.42 Å². The summed E-state index contributed by atoms with van der Waals surface area (Å²) in [5.41, 5.74) is 27.3. The number of hydrogen-bond acceptors (Lipinski definition) is 0. The van der Waals surface area contributed by atoms with E-state index in [2.05, 4.69) is 258 Å². The van der Waals surface area contributed by atoms with E-state index >= 15 is 0 Å². The first-order valence-corrected chi connectivity index (χ1v) is 22.8. The Morgan fingerprint density at radius 2 is 0.385 bits per heavy atom. The first kappa shape index (κ1) is 41.2. The summed E-state index contributed by atoms with van der Waals surface area (Å²) in [4.78, 5) is 0. The third kappa shape index (κ3) is 8.40. The standard InChI is InChI=1S/C65H52/c1-44-21-5-9-25-54(44)62-33-17-13-29-58(62)50-38-48(39-51(42-50)59-30-14-18-34-63(59)55-26-10-6-22-45(55)2)37-49-40-52(60-31-15-19-35-64(60)56-27-11-7-23-46(56)3)43-53(41-49)61-32-16-20-36-65(61)57-28-12-8-24-47(57)4/h5-36,38-43H,37H2,1-4H3. The smallest absolute Gasteiger partial charge is 0.00249 e. The molecule has 0 aromatic heterocycles. The molecule has 0 amide bonds. The van der Waals surface area contributed by atoms with Crippen molar-refractivity contribution in [1.29, 1.82) is 0 Å². The Hall–Kier alpha value is -7.80. The van der Waals surface area contributed by atoms with E-state index in [0.717, 1.165) is 6.42 Å². The van der Waals surface area contributed by atoms with Crippen LogP contribution in [0.5, 0.6) is 0 Å². The summed E-state index contributed by atoms with van der Waals surface area (Å²) in [6, 6.07) is 85.2. The van der Waals surface area contributed by atoms with Gasteiger partial charge in [0.1, 0.15) is 0 Å². The predicted molar refractivity (Wildman–Crippen MR) is 278 cm³/mol. The highest BCUT2D eigenvalue weighted by Gasteiger charge is 2.18. The summed E-state index contributed by atoms with van der Waals surface area (Å²) in [6.07, 6.45) is 0.750. The molecule has 0 bridgehead atoms. The number of rotatable bonds is 10. The second-order valence-corrected chi connectivity index (χ2v) is 17.5. The van der Waals surface area contributed by atoms with E-state index in [4.69, 9.17) is 0 Å². The van der Waals surface area contributed by atoms with Gasteiger partial charge in [0.25, 0.3) is 0 Å². The maximum absolute atomic E-state index is 2.44. The molecule has 0 radical (unpaired) electrons. The van der Waals surface area contributed by atoms with Crippen molar-refractivity contribution in [1.82, 2.24) is 0 Å². The van der Waals surface area contributed by atoms with Crippen molar-refractivity contribution in [2.45, 2.75) is 34.1 Å². The van der Waals surface area contributed by atoms with Gasteiger partial charge in [-0.25, -0.2) is 0 Å². The van der Waals surface area contributed by atoms with Gasteiger partial charge in [-0.05, 0) is 169 Å². The Morgan fingerprint density at radius 3 is 0.600 bits per heavy atom. The quantitative estimate of drug-likeness (QED) is 0.129. The SMILES string of the molecule is Cc1ccccc1-c1ccccc1-c1cc(Cc2cc(-c3ccccc3-c3ccccc3C)cc(-c3ccccc3-c3ccccc3C)c2)cc(-c2ccccc2-c2ccccc2C)c1. The molecule has 10 rings (SSSR count). The van der Waals surface area contributed by atoms with Crippen LogP contribution in [0.15, 0.2) is 231 Å². The monoisotopic (exact) mass is 832 g/mol. The van der Waals surface area contributed by atoms with Crippen LogP contribution in [0.25, 0.3) is 89.0 Å². The van der Waals surface area contributed by atoms with Crippen molar-refractivity contribution in [3.63, 3.8) is 0 Å². The molecule has 0 nitrogen and oxygen atoms in total. The van der Waals surface area contributed by atoms with Crippen molar-refractivity contribution in [2.75, 3.05) is 0 Å². The van der Waals surface area contributed by atoms with Gasteiger partial charge in [-0.2, -0.15) is 0 Å². The molecule has 10 aromatic rings. The summed E-state index contributed by atoms with van der Waals surface area (Å²) >= 11 is 0. The topological polar surface area (TPSA) is 0 Å². The zero-order valence-electron chi connectivity index (χ0n) is 37.6. The fourth-order valence-corrected chi connectivity index (χ4v) is 9.83. The predicted octanol–water partition coefficient (Wildman–Crippen LogP) is 17.8. The van der Waals surface area contributed by atoms with E-state index in [-0.39, 0.29) is 0 Å². The molecule has 0 aliphatic carbocycles. The molecule has 0 saturated heterocycles. The van der Waals surface area contributed by atoms with Gasteiger partial charge < -0.3 is 0 Å².